The lowest BCUT2D eigenvalue weighted by Gasteiger charge is -2.20. The number of nitro groups is 1. The molecule has 22 heavy (non-hydrogen) atoms. The van der Waals surface area contributed by atoms with Gasteiger partial charge in [-0.1, -0.05) is 6.07 Å². The Hall–Kier alpha value is -1.67. The molecule has 1 aromatic rings. The number of nitro benzene ring substituents is 1. The van der Waals surface area contributed by atoms with Crippen LogP contribution >= 0.6 is 0 Å². The first kappa shape index (κ1) is 16.7. The van der Waals surface area contributed by atoms with Crippen LogP contribution in [-0.2, 0) is 12.7 Å². The minimum absolute atomic E-state index is 0.0179. The summed E-state index contributed by atoms with van der Waals surface area (Å²) >= 11 is 0. The second kappa shape index (κ2) is 6.21. The average Bonchev–Trinajstić information content (AvgIpc) is 2.86. The van der Waals surface area contributed by atoms with E-state index in [1.807, 2.05) is 4.90 Å². The lowest BCUT2D eigenvalue weighted by atomic mass is 10.0. The zero-order valence-corrected chi connectivity index (χ0v) is 12.0. The van der Waals surface area contributed by atoms with Crippen LogP contribution in [0.4, 0.5) is 18.9 Å². The molecule has 1 aliphatic heterocycles. The van der Waals surface area contributed by atoms with Crippen LogP contribution in [0, 0.1) is 16.0 Å². The summed E-state index contributed by atoms with van der Waals surface area (Å²) in [4.78, 5) is 11.6. The molecule has 122 valence electrons. The monoisotopic (exact) mass is 318 g/mol. The lowest BCUT2D eigenvalue weighted by Crippen LogP contribution is -2.25. The Kier molecular flexibility index (Phi) is 4.72. The fraction of sp³-hybridized carbons (Fsp3) is 0.571. The summed E-state index contributed by atoms with van der Waals surface area (Å²) in [6.07, 6.45) is -4.40. The molecule has 0 aromatic heterocycles. The number of rotatable bonds is 4. The van der Waals surface area contributed by atoms with Crippen LogP contribution in [0.2, 0.25) is 0 Å². The minimum atomic E-state index is -4.63. The van der Waals surface area contributed by atoms with Crippen LogP contribution < -0.4 is 0 Å². The Bertz CT molecular complexity index is 561. The maximum absolute atomic E-state index is 13.1. The van der Waals surface area contributed by atoms with Crippen LogP contribution in [0.15, 0.2) is 18.2 Å². The molecular weight excluding hydrogens is 301 g/mol. The number of likely N-dealkylation sites (tertiary alicyclic amines) is 1. The van der Waals surface area contributed by atoms with E-state index in [9.17, 15) is 28.4 Å². The molecule has 0 saturated carbocycles. The van der Waals surface area contributed by atoms with Gasteiger partial charge in [-0.2, -0.15) is 13.2 Å². The van der Waals surface area contributed by atoms with Gasteiger partial charge in [-0.3, -0.25) is 15.0 Å². The first-order chi connectivity index (χ1) is 10.2. The van der Waals surface area contributed by atoms with Crippen molar-refractivity contribution in [2.75, 3.05) is 13.1 Å². The quantitative estimate of drug-likeness (QED) is 0.685. The molecule has 1 saturated heterocycles. The molecule has 0 amide bonds. The zero-order chi connectivity index (χ0) is 16.5. The molecule has 2 unspecified atom stereocenters. The van der Waals surface area contributed by atoms with E-state index in [1.165, 1.54) is 0 Å². The second-order valence-electron chi connectivity index (χ2n) is 5.62. The minimum Gasteiger partial charge on any atom is -0.393 e. The fourth-order valence-electron chi connectivity index (χ4n) is 2.72. The summed E-state index contributed by atoms with van der Waals surface area (Å²) in [5, 5.41) is 20.2. The summed E-state index contributed by atoms with van der Waals surface area (Å²) in [6.45, 7) is 2.85. The van der Waals surface area contributed by atoms with Gasteiger partial charge in [0.05, 0.1) is 16.6 Å². The van der Waals surface area contributed by atoms with E-state index in [4.69, 9.17) is 0 Å². The van der Waals surface area contributed by atoms with Crippen LogP contribution in [0.1, 0.15) is 24.5 Å². The topological polar surface area (TPSA) is 66.6 Å². The Morgan fingerprint density at radius 1 is 1.50 bits per heavy atom. The van der Waals surface area contributed by atoms with Crippen LogP contribution in [0.3, 0.4) is 0 Å². The molecule has 1 aliphatic rings. The van der Waals surface area contributed by atoms with Gasteiger partial charge >= 0.3 is 6.18 Å². The Balaban J connectivity index is 2.22. The van der Waals surface area contributed by atoms with Crippen LogP contribution in [0.25, 0.3) is 0 Å². The molecule has 0 radical (unpaired) electrons. The number of halogens is 3. The highest BCUT2D eigenvalue weighted by Gasteiger charge is 2.36. The molecule has 1 N–H and O–H groups in total. The van der Waals surface area contributed by atoms with Gasteiger partial charge in [-0.05, 0) is 31.4 Å². The van der Waals surface area contributed by atoms with Crippen molar-refractivity contribution in [3.63, 3.8) is 0 Å². The predicted octanol–water partition coefficient (Wildman–Crippen LogP) is 2.82. The van der Waals surface area contributed by atoms with Crippen molar-refractivity contribution < 1.29 is 23.2 Å². The molecular formula is C14H17F3N2O3. The SMILES string of the molecule is CC(O)C1CCN(Cc2ccc([N+](=O)[O-])cc2C(F)(F)F)C1. The number of aliphatic hydroxyl groups is 1. The average molecular weight is 318 g/mol. The lowest BCUT2D eigenvalue weighted by molar-refractivity contribution is -0.385. The second-order valence-corrected chi connectivity index (χ2v) is 5.62. The number of non-ortho nitro benzene ring substituents is 1. The van der Waals surface area contributed by atoms with Gasteiger partial charge in [0.2, 0.25) is 0 Å². The number of aliphatic hydroxyl groups excluding tert-OH is 1. The van der Waals surface area contributed by atoms with Crippen LogP contribution in [0.5, 0.6) is 0 Å². The van der Waals surface area contributed by atoms with E-state index in [2.05, 4.69) is 0 Å². The highest BCUT2D eigenvalue weighted by atomic mass is 19.4. The van der Waals surface area contributed by atoms with Gasteiger partial charge in [0.1, 0.15) is 0 Å². The largest absolute Gasteiger partial charge is 0.416 e. The van der Waals surface area contributed by atoms with Crippen molar-refractivity contribution in [2.24, 2.45) is 5.92 Å². The van der Waals surface area contributed by atoms with Crippen molar-refractivity contribution in [2.45, 2.75) is 32.2 Å². The third-order valence-electron chi connectivity index (χ3n) is 3.99. The third-order valence-corrected chi connectivity index (χ3v) is 3.99. The van der Waals surface area contributed by atoms with Crippen molar-refractivity contribution in [1.82, 2.24) is 4.90 Å². The molecule has 0 bridgehead atoms. The van der Waals surface area contributed by atoms with E-state index in [0.29, 0.717) is 19.2 Å². The Morgan fingerprint density at radius 3 is 2.68 bits per heavy atom. The first-order valence-corrected chi connectivity index (χ1v) is 6.93. The van der Waals surface area contributed by atoms with Crippen LogP contribution in [-0.4, -0.2) is 34.1 Å². The number of benzene rings is 1. The molecule has 1 aromatic carbocycles. The zero-order valence-electron chi connectivity index (χ0n) is 12.0. The molecule has 1 heterocycles. The molecule has 1 fully saturated rings. The van der Waals surface area contributed by atoms with Gasteiger partial charge in [0, 0.05) is 25.2 Å². The Morgan fingerprint density at radius 2 is 2.18 bits per heavy atom. The van der Waals surface area contributed by atoms with Crippen molar-refractivity contribution in [3.05, 3.63) is 39.4 Å². The number of hydrogen-bond donors (Lipinski definition) is 1. The van der Waals surface area contributed by atoms with Crippen molar-refractivity contribution in [1.29, 1.82) is 0 Å². The normalized spacial score (nSPS) is 21.0. The van der Waals surface area contributed by atoms with Gasteiger partial charge in [-0.25, -0.2) is 0 Å². The van der Waals surface area contributed by atoms with E-state index in [0.717, 1.165) is 18.6 Å². The third kappa shape index (κ3) is 3.75. The van der Waals surface area contributed by atoms with Gasteiger partial charge < -0.3 is 5.11 Å². The molecule has 2 rings (SSSR count). The molecule has 8 heteroatoms. The van der Waals surface area contributed by atoms with Gasteiger partial charge in [0.25, 0.3) is 5.69 Å². The predicted molar refractivity (Wildman–Crippen MR) is 73.2 cm³/mol. The summed E-state index contributed by atoms with van der Waals surface area (Å²) < 4.78 is 39.3. The molecule has 0 aliphatic carbocycles. The van der Waals surface area contributed by atoms with Crippen molar-refractivity contribution >= 4 is 5.69 Å². The van der Waals surface area contributed by atoms with E-state index in [-0.39, 0.29) is 18.0 Å². The smallest absolute Gasteiger partial charge is 0.393 e. The molecule has 0 spiro atoms. The summed E-state index contributed by atoms with van der Waals surface area (Å²) in [5.74, 6) is 0.0485. The number of alkyl halides is 3. The summed E-state index contributed by atoms with van der Waals surface area (Å²) in [6, 6.07) is 2.83. The standard InChI is InChI=1S/C14H17F3N2O3/c1-9(20)10-4-5-18(7-10)8-11-2-3-12(19(21)22)6-13(11)14(15,16)17/h2-3,6,9-10,20H,4-5,7-8H2,1H3. The van der Waals surface area contributed by atoms with Gasteiger partial charge in [0.15, 0.2) is 0 Å². The number of hydrogen-bond acceptors (Lipinski definition) is 4. The highest BCUT2D eigenvalue weighted by molar-refractivity contribution is 5.41. The summed E-state index contributed by atoms with van der Waals surface area (Å²) in [5.41, 5.74) is -1.52. The maximum atomic E-state index is 13.1. The first-order valence-electron chi connectivity index (χ1n) is 6.93. The van der Waals surface area contributed by atoms with E-state index >= 15 is 0 Å². The highest BCUT2D eigenvalue weighted by Crippen LogP contribution is 2.35. The molecule has 2 atom stereocenters. The van der Waals surface area contributed by atoms with E-state index < -0.39 is 28.5 Å². The fourth-order valence-corrected chi connectivity index (χ4v) is 2.72. The van der Waals surface area contributed by atoms with E-state index in [1.54, 1.807) is 6.92 Å². The van der Waals surface area contributed by atoms with Crippen molar-refractivity contribution in [3.8, 4) is 0 Å². The molecule has 5 nitrogen and oxygen atoms in total. The summed E-state index contributed by atoms with van der Waals surface area (Å²) in [7, 11) is 0. The Labute approximate surface area is 125 Å². The number of nitrogens with zero attached hydrogens (tertiary/aromatic N) is 2. The maximum Gasteiger partial charge on any atom is 0.416 e. The van der Waals surface area contributed by atoms with Gasteiger partial charge in [-0.15, -0.1) is 0 Å².